The van der Waals surface area contributed by atoms with E-state index in [0.29, 0.717) is 12.8 Å². The van der Waals surface area contributed by atoms with E-state index in [1.807, 2.05) is 6.92 Å². The average Bonchev–Trinajstić information content (AvgIpc) is 2.51. The molecule has 0 aliphatic carbocycles. The Balaban J connectivity index is 0. The first-order chi connectivity index (χ1) is 11.4. The summed E-state index contributed by atoms with van der Waals surface area (Å²) in [5.41, 5.74) is 0. The maximum Gasteiger partial charge on any atom is 1.00 e. The fourth-order valence-electron chi connectivity index (χ4n) is 3.11. The Morgan fingerprint density at radius 3 is 1.64 bits per heavy atom. The molecule has 0 saturated heterocycles. The van der Waals surface area contributed by atoms with E-state index in [4.69, 9.17) is 0 Å². The molecule has 0 spiro atoms. The van der Waals surface area contributed by atoms with Crippen LogP contribution in [-0.4, -0.2) is 29.4 Å². The van der Waals surface area contributed by atoms with Gasteiger partial charge in [-0.15, -0.1) is 0 Å². The molecular formula is C19H39KO4S. The summed E-state index contributed by atoms with van der Waals surface area (Å²) in [6, 6.07) is 0. The zero-order valence-electron chi connectivity index (χ0n) is 16.8. The predicted molar refractivity (Wildman–Crippen MR) is 100 cm³/mol. The minimum absolute atomic E-state index is 0. The molecule has 4 nitrogen and oxygen atoms in total. The summed E-state index contributed by atoms with van der Waals surface area (Å²) in [4.78, 5) is 0. The summed E-state index contributed by atoms with van der Waals surface area (Å²) >= 11 is 0. The van der Waals surface area contributed by atoms with Crippen LogP contribution >= 0.6 is 0 Å². The molecule has 1 N–H and O–H groups in total. The van der Waals surface area contributed by atoms with Crippen LogP contribution in [0.3, 0.4) is 0 Å². The van der Waals surface area contributed by atoms with E-state index < -0.39 is 21.5 Å². The Bertz CT molecular complexity index is 374. The quantitative estimate of drug-likeness (QED) is 0.230. The van der Waals surface area contributed by atoms with Gasteiger partial charge >= 0.3 is 51.4 Å². The van der Waals surface area contributed by atoms with E-state index in [-0.39, 0.29) is 57.8 Å². The van der Waals surface area contributed by atoms with Gasteiger partial charge in [-0.25, -0.2) is 8.42 Å². The summed E-state index contributed by atoms with van der Waals surface area (Å²) < 4.78 is 34.0. The van der Waals surface area contributed by atoms with E-state index >= 15 is 0 Å². The maximum absolute atomic E-state index is 11.3. The largest absolute Gasteiger partial charge is 1.00 e. The van der Waals surface area contributed by atoms with E-state index in [1.54, 1.807) is 0 Å². The van der Waals surface area contributed by atoms with Crippen LogP contribution in [0.25, 0.3) is 0 Å². The van der Waals surface area contributed by atoms with Crippen LogP contribution in [0.5, 0.6) is 0 Å². The molecule has 146 valence electrons. The van der Waals surface area contributed by atoms with Gasteiger partial charge in [-0.3, -0.25) is 0 Å². The van der Waals surface area contributed by atoms with Crippen molar-refractivity contribution in [3.63, 3.8) is 0 Å². The number of aliphatic hydroxyl groups excluding tert-OH is 1. The first-order valence-electron chi connectivity index (χ1n) is 10.0. The third-order valence-electron chi connectivity index (χ3n) is 4.71. The second-order valence-electron chi connectivity index (χ2n) is 7.12. The van der Waals surface area contributed by atoms with Gasteiger partial charge in [0.05, 0.1) is 21.5 Å². The summed E-state index contributed by atoms with van der Waals surface area (Å²) in [7, 11) is -4.30. The normalized spacial score (nSPS) is 14.1. The first-order valence-corrected chi connectivity index (χ1v) is 11.5. The van der Waals surface area contributed by atoms with Crippen LogP contribution in [0.15, 0.2) is 0 Å². The van der Waals surface area contributed by atoms with E-state index in [9.17, 15) is 18.1 Å². The van der Waals surface area contributed by atoms with E-state index in [1.165, 1.54) is 44.9 Å². The zero-order chi connectivity index (χ0) is 18.3. The van der Waals surface area contributed by atoms with Crippen molar-refractivity contribution in [1.29, 1.82) is 0 Å². The van der Waals surface area contributed by atoms with Crippen LogP contribution in [0, 0.1) is 0 Å². The van der Waals surface area contributed by atoms with Gasteiger partial charge in [0, 0.05) is 0 Å². The van der Waals surface area contributed by atoms with E-state index in [0.717, 1.165) is 32.1 Å². The average molecular weight is 403 g/mol. The molecule has 0 aromatic heterocycles. The van der Waals surface area contributed by atoms with Crippen LogP contribution in [0.2, 0.25) is 0 Å². The molecule has 25 heavy (non-hydrogen) atoms. The summed E-state index contributed by atoms with van der Waals surface area (Å²) in [6.07, 6.45) is 14.1. The molecule has 0 aliphatic rings. The van der Waals surface area contributed by atoms with Crippen LogP contribution in [0.1, 0.15) is 110 Å². The fourth-order valence-corrected chi connectivity index (χ4v) is 4.03. The monoisotopic (exact) mass is 402 g/mol. The Morgan fingerprint density at radius 2 is 1.16 bits per heavy atom. The first kappa shape index (κ1) is 28.7. The number of hydrogen-bond donors (Lipinski definition) is 1. The van der Waals surface area contributed by atoms with Crippen LogP contribution in [0.4, 0.5) is 0 Å². The zero-order valence-corrected chi connectivity index (χ0v) is 20.8. The van der Waals surface area contributed by atoms with Gasteiger partial charge in [0.15, 0.2) is 0 Å². The molecule has 0 amide bonds. The van der Waals surface area contributed by atoms with Crippen LogP contribution < -0.4 is 51.4 Å². The minimum Gasteiger partial charge on any atom is -0.748 e. The van der Waals surface area contributed by atoms with Gasteiger partial charge in [0.1, 0.15) is 0 Å². The van der Waals surface area contributed by atoms with Gasteiger partial charge < -0.3 is 9.66 Å². The molecule has 0 aliphatic heterocycles. The van der Waals surface area contributed by atoms with Crippen molar-refractivity contribution in [2.45, 2.75) is 122 Å². The van der Waals surface area contributed by atoms with Gasteiger partial charge in [-0.2, -0.15) is 0 Å². The molecule has 0 heterocycles. The fraction of sp³-hybridized carbons (Fsp3) is 1.00. The Morgan fingerprint density at radius 1 is 0.760 bits per heavy atom. The number of unbranched alkanes of at least 4 members (excludes halogenated alkanes) is 10. The van der Waals surface area contributed by atoms with Crippen molar-refractivity contribution >= 4 is 10.1 Å². The SMILES string of the molecule is CCCCCCCCCCCC(O)CC(CCCCC)S(=O)(=O)[O-].[K+]. The van der Waals surface area contributed by atoms with Crippen molar-refractivity contribution in [3.8, 4) is 0 Å². The van der Waals surface area contributed by atoms with Gasteiger partial charge in [-0.1, -0.05) is 90.9 Å². The standard InChI is InChI=1S/C19H40O4S.K/c1-3-5-7-8-9-10-11-12-14-15-18(20)17-19(24(21,22)23)16-13-6-4-2;/h18-20H,3-17H2,1-2H3,(H,21,22,23);/q;+1/p-1. The number of rotatable bonds is 17. The summed E-state index contributed by atoms with van der Waals surface area (Å²) in [6.45, 7) is 4.26. The van der Waals surface area contributed by atoms with Crippen LogP contribution in [-0.2, 0) is 10.1 Å². The molecule has 0 rings (SSSR count). The Labute approximate surface area is 199 Å². The molecule has 2 unspecified atom stereocenters. The number of hydrogen-bond acceptors (Lipinski definition) is 4. The second-order valence-corrected chi connectivity index (χ2v) is 8.77. The predicted octanol–water partition coefficient (Wildman–Crippen LogP) is 2.16. The van der Waals surface area contributed by atoms with Crippen molar-refractivity contribution in [2.75, 3.05) is 0 Å². The Hall–Kier alpha value is 1.51. The molecule has 0 radical (unpaired) electrons. The molecule has 0 aromatic rings. The van der Waals surface area contributed by atoms with Crippen molar-refractivity contribution in [3.05, 3.63) is 0 Å². The summed E-state index contributed by atoms with van der Waals surface area (Å²) in [5, 5.41) is 9.12. The Kier molecular flexibility index (Phi) is 21.7. The molecule has 0 bridgehead atoms. The van der Waals surface area contributed by atoms with Crippen molar-refractivity contribution in [1.82, 2.24) is 0 Å². The molecule has 6 heteroatoms. The summed E-state index contributed by atoms with van der Waals surface area (Å²) in [5.74, 6) is 0. The maximum atomic E-state index is 11.3. The number of aliphatic hydroxyl groups is 1. The topological polar surface area (TPSA) is 77.4 Å². The molecule has 0 aromatic carbocycles. The van der Waals surface area contributed by atoms with Gasteiger partial charge in [0.2, 0.25) is 0 Å². The molecular weight excluding hydrogens is 363 g/mol. The smallest absolute Gasteiger partial charge is 0.748 e. The van der Waals surface area contributed by atoms with Gasteiger partial charge in [-0.05, 0) is 19.3 Å². The van der Waals surface area contributed by atoms with E-state index in [2.05, 4.69) is 6.92 Å². The van der Waals surface area contributed by atoms with Gasteiger partial charge in [0.25, 0.3) is 0 Å². The minimum atomic E-state index is -4.30. The second kappa shape index (κ2) is 18.9. The third-order valence-corrected chi connectivity index (χ3v) is 5.96. The molecule has 0 saturated carbocycles. The van der Waals surface area contributed by atoms with Crippen molar-refractivity contribution in [2.24, 2.45) is 0 Å². The molecule has 0 fully saturated rings. The molecule has 2 atom stereocenters. The third kappa shape index (κ3) is 18.6. The van der Waals surface area contributed by atoms with Crippen molar-refractivity contribution < 1.29 is 69.5 Å².